The minimum absolute atomic E-state index is 0.232. The molecule has 0 spiro atoms. The number of anilines is 2. The van der Waals surface area contributed by atoms with Crippen molar-refractivity contribution in [3.05, 3.63) is 53.9 Å². The molecule has 1 aromatic heterocycles. The van der Waals surface area contributed by atoms with Crippen molar-refractivity contribution in [1.29, 1.82) is 0 Å². The quantitative estimate of drug-likeness (QED) is 0.863. The molecular weight excluding hydrogens is 238 g/mol. The fourth-order valence-corrected chi connectivity index (χ4v) is 2.38. The molecule has 2 aromatic rings. The van der Waals surface area contributed by atoms with Crippen molar-refractivity contribution < 1.29 is 4.79 Å². The van der Waals surface area contributed by atoms with E-state index in [0.717, 1.165) is 24.2 Å². The summed E-state index contributed by atoms with van der Waals surface area (Å²) in [4.78, 5) is 15.7. The lowest BCUT2D eigenvalue weighted by Gasteiger charge is -2.08. The molecule has 1 heterocycles. The molecule has 1 aromatic carbocycles. The topological polar surface area (TPSA) is 54.0 Å². The summed E-state index contributed by atoms with van der Waals surface area (Å²) in [5.74, 6) is 0. The molecule has 0 saturated carbocycles. The molecule has 0 unspecified atom stereocenters. The van der Waals surface area contributed by atoms with Gasteiger partial charge in [-0.1, -0.05) is 6.07 Å². The first-order chi connectivity index (χ1) is 9.31. The lowest BCUT2D eigenvalue weighted by Crippen LogP contribution is -2.19. The van der Waals surface area contributed by atoms with Crippen LogP contribution in [0, 0.1) is 0 Å². The number of pyridine rings is 1. The number of carbonyl (C=O) groups is 1. The number of aryl methyl sites for hydroxylation is 2. The smallest absolute Gasteiger partial charge is 0.308 e. The van der Waals surface area contributed by atoms with E-state index in [4.69, 9.17) is 0 Å². The molecule has 0 saturated heterocycles. The fraction of sp³-hybridized carbons (Fsp3) is 0.200. The second-order valence-corrected chi connectivity index (χ2v) is 4.65. The number of rotatable bonds is 2. The Morgan fingerprint density at radius 3 is 2.53 bits per heavy atom. The number of benzene rings is 1. The van der Waals surface area contributed by atoms with Crippen LogP contribution >= 0.6 is 0 Å². The number of carbonyl (C=O) groups excluding carboxylic acids is 1. The van der Waals surface area contributed by atoms with E-state index in [0.29, 0.717) is 0 Å². The van der Waals surface area contributed by atoms with Gasteiger partial charge in [-0.15, -0.1) is 0 Å². The van der Waals surface area contributed by atoms with Gasteiger partial charge in [-0.2, -0.15) is 0 Å². The summed E-state index contributed by atoms with van der Waals surface area (Å²) in [6.45, 7) is 0. The Morgan fingerprint density at radius 2 is 1.68 bits per heavy atom. The summed E-state index contributed by atoms with van der Waals surface area (Å²) in [7, 11) is 0. The van der Waals surface area contributed by atoms with Gasteiger partial charge in [-0.3, -0.25) is 4.98 Å². The molecule has 0 radical (unpaired) electrons. The van der Waals surface area contributed by atoms with Crippen molar-refractivity contribution in [1.82, 2.24) is 4.98 Å². The number of fused-ring (bicyclic) bond motifs is 1. The molecule has 0 aliphatic heterocycles. The average Bonchev–Trinajstić information content (AvgIpc) is 2.87. The summed E-state index contributed by atoms with van der Waals surface area (Å²) >= 11 is 0. The second kappa shape index (κ2) is 5.10. The number of nitrogens with zero attached hydrogens (tertiary/aromatic N) is 1. The predicted molar refractivity (Wildman–Crippen MR) is 75.3 cm³/mol. The van der Waals surface area contributed by atoms with Crippen LogP contribution in [0.2, 0.25) is 0 Å². The predicted octanol–water partition coefficient (Wildman–Crippen LogP) is 3.21. The van der Waals surface area contributed by atoms with E-state index in [1.165, 1.54) is 17.5 Å². The molecule has 0 atom stereocenters. The third kappa shape index (κ3) is 2.73. The normalized spacial score (nSPS) is 12.8. The molecule has 19 heavy (non-hydrogen) atoms. The summed E-state index contributed by atoms with van der Waals surface area (Å²) in [6.07, 6.45) is 6.76. The van der Waals surface area contributed by atoms with Crippen LogP contribution in [-0.2, 0) is 12.8 Å². The summed E-state index contributed by atoms with van der Waals surface area (Å²) < 4.78 is 0. The highest BCUT2D eigenvalue weighted by atomic mass is 16.2. The first kappa shape index (κ1) is 11.7. The van der Waals surface area contributed by atoms with Crippen LogP contribution in [0.1, 0.15) is 17.5 Å². The van der Waals surface area contributed by atoms with Crippen LogP contribution < -0.4 is 10.6 Å². The molecule has 1 aliphatic rings. The highest BCUT2D eigenvalue weighted by Crippen LogP contribution is 2.24. The molecular formula is C15H15N3O. The first-order valence-corrected chi connectivity index (χ1v) is 6.41. The van der Waals surface area contributed by atoms with Gasteiger partial charge in [0, 0.05) is 23.8 Å². The van der Waals surface area contributed by atoms with Gasteiger partial charge in [-0.05, 0) is 54.7 Å². The fourth-order valence-electron chi connectivity index (χ4n) is 2.38. The Balaban J connectivity index is 1.66. The van der Waals surface area contributed by atoms with E-state index in [1.807, 2.05) is 6.07 Å². The molecule has 96 valence electrons. The van der Waals surface area contributed by atoms with E-state index in [9.17, 15) is 4.79 Å². The van der Waals surface area contributed by atoms with E-state index in [-0.39, 0.29) is 6.03 Å². The maximum atomic E-state index is 11.8. The van der Waals surface area contributed by atoms with E-state index in [1.54, 1.807) is 24.5 Å². The van der Waals surface area contributed by atoms with Gasteiger partial charge in [0.25, 0.3) is 0 Å². The number of nitrogens with one attached hydrogen (secondary N) is 2. The Kier molecular flexibility index (Phi) is 3.14. The van der Waals surface area contributed by atoms with Gasteiger partial charge in [0.05, 0.1) is 0 Å². The number of amides is 2. The van der Waals surface area contributed by atoms with Crippen LogP contribution in [0.4, 0.5) is 16.2 Å². The third-order valence-electron chi connectivity index (χ3n) is 3.29. The number of hydrogen-bond acceptors (Lipinski definition) is 2. The summed E-state index contributed by atoms with van der Waals surface area (Å²) in [5, 5.41) is 5.62. The lowest BCUT2D eigenvalue weighted by molar-refractivity contribution is 0.262. The summed E-state index contributed by atoms with van der Waals surface area (Å²) in [5.41, 5.74) is 4.32. The van der Waals surface area contributed by atoms with Crippen LogP contribution in [-0.4, -0.2) is 11.0 Å². The molecule has 1 aliphatic carbocycles. The van der Waals surface area contributed by atoms with Crippen LogP contribution in [0.3, 0.4) is 0 Å². The van der Waals surface area contributed by atoms with Gasteiger partial charge in [0.2, 0.25) is 0 Å². The largest absolute Gasteiger partial charge is 0.323 e. The first-order valence-electron chi connectivity index (χ1n) is 6.41. The Hall–Kier alpha value is -2.36. The Bertz CT molecular complexity index is 596. The second-order valence-electron chi connectivity index (χ2n) is 4.65. The molecule has 3 rings (SSSR count). The van der Waals surface area contributed by atoms with Crippen LogP contribution in [0.15, 0.2) is 42.7 Å². The minimum atomic E-state index is -0.232. The zero-order valence-electron chi connectivity index (χ0n) is 10.5. The van der Waals surface area contributed by atoms with E-state index in [2.05, 4.69) is 27.8 Å². The van der Waals surface area contributed by atoms with E-state index >= 15 is 0 Å². The standard InChI is InChI=1S/C15H15N3O/c19-15(17-13-6-8-16-9-7-13)18-14-5-4-11-2-1-3-12(11)10-14/h4-10H,1-3H2,(H2,16,17,18,19). The van der Waals surface area contributed by atoms with Gasteiger partial charge in [0.1, 0.15) is 0 Å². The molecule has 4 heteroatoms. The average molecular weight is 253 g/mol. The van der Waals surface area contributed by atoms with Crippen LogP contribution in [0.5, 0.6) is 0 Å². The number of urea groups is 1. The SMILES string of the molecule is O=C(Nc1ccncc1)Nc1ccc2c(c1)CCC2. The van der Waals surface area contributed by atoms with Crippen molar-refractivity contribution in [3.63, 3.8) is 0 Å². The van der Waals surface area contributed by atoms with Crippen molar-refractivity contribution in [2.45, 2.75) is 19.3 Å². The van der Waals surface area contributed by atoms with Gasteiger partial charge in [-0.25, -0.2) is 4.79 Å². The maximum absolute atomic E-state index is 11.8. The van der Waals surface area contributed by atoms with Crippen molar-refractivity contribution in [2.75, 3.05) is 10.6 Å². The Morgan fingerprint density at radius 1 is 0.947 bits per heavy atom. The van der Waals surface area contributed by atoms with Gasteiger partial charge >= 0.3 is 6.03 Å². The molecule has 4 nitrogen and oxygen atoms in total. The van der Waals surface area contributed by atoms with E-state index < -0.39 is 0 Å². The van der Waals surface area contributed by atoms with Crippen molar-refractivity contribution in [2.24, 2.45) is 0 Å². The zero-order valence-corrected chi connectivity index (χ0v) is 10.5. The highest BCUT2D eigenvalue weighted by molar-refractivity contribution is 5.99. The molecule has 0 bridgehead atoms. The number of aromatic nitrogens is 1. The van der Waals surface area contributed by atoms with Crippen molar-refractivity contribution in [3.8, 4) is 0 Å². The molecule has 2 N–H and O–H groups in total. The lowest BCUT2D eigenvalue weighted by atomic mass is 10.1. The van der Waals surface area contributed by atoms with Crippen molar-refractivity contribution >= 4 is 17.4 Å². The van der Waals surface area contributed by atoms with Gasteiger partial charge < -0.3 is 10.6 Å². The monoisotopic (exact) mass is 253 g/mol. The maximum Gasteiger partial charge on any atom is 0.323 e. The zero-order chi connectivity index (χ0) is 13.1. The third-order valence-corrected chi connectivity index (χ3v) is 3.29. The Labute approximate surface area is 111 Å². The van der Waals surface area contributed by atoms with Gasteiger partial charge in [0.15, 0.2) is 0 Å². The summed E-state index contributed by atoms with van der Waals surface area (Å²) in [6, 6.07) is 9.39. The molecule has 0 fully saturated rings. The highest BCUT2D eigenvalue weighted by Gasteiger charge is 2.11. The molecule has 2 amide bonds. The minimum Gasteiger partial charge on any atom is -0.308 e. The van der Waals surface area contributed by atoms with Crippen LogP contribution in [0.25, 0.3) is 0 Å². The number of hydrogen-bond donors (Lipinski definition) is 2.